The number of nitrogens with one attached hydrogen (secondary N) is 1. The average molecular weight is 416 g/mol. The van der Waals surface area contributed by atoms with Gasteiger partial charge in [0.15, 0.2) is 5.82 Å². The molecule has 1 aromatic carbocycles. The minimum atomic E-state index is -0.359. The van der Waals surface area contributed by atoms with Gasteiger partial charge in [0.1, 0.15) is 5.76 Å². The molecule has 1 heterocycles. The van der Waals surface area contributed by atoms with Crippen molar-refractivity contribution >= 4 is 29.4 Å². The molecule has 6 nitrogen and oxygen atoms in total. The summed E-state index contributed by atoms with van der Waals surface area (Å²) in [6.45, 7) is 8.54. The second-order valence-corrected chi connectivity index (χ2v) is 9.24. The number of nitrogens with zero attached hydrogens (tertiary/aromatic N) is 2. The summed E-state index contributed by atoms with van der Waals surface area (Å²) in [7, 11) is 0. The third-order valence-corrected chi connectivity index (χ3v) is 6.14. The molecule has 29 heavy (non-hydrogen) atoms. The van der Waals surface area contributed by atoms with Crippen molar-refractivity contribution in [3.8, 4) is 0 Å². The highest BCUT2D eigenvalue weighted by atomic mass is 32.2. The highest BCUT2D eigenvalue weighted by molar-refractivity contribution is 8.01. The van der Waals surface area contributed by atoms with Crippen LogP contribution in [0, 0.1) is 6.92 Å². The highest BCUT2D eigenvalue weighted by Gasteiger charge is 2.32. The molecule has 156 valence electrons. The number of benzene rings is 1. The molecule has 1 aliphatic rings. The van der Waals surface area contributed by atoms with Crippen LogP contribution < -0.4 is 5.32 Å². The van der Waals surface area contributed by atoms with E-state index in [1.807, 2.05) is 4.90 Å². The topological polar surface area (TPSA) is 75.4 Å². The van der Waals surface area contributed by atoms with E-state index in [-0.39, 0.29) is 22.8 Å². The van der Waals surface area contributed by atoms with Crippen molar-refractivity contribution in [2.75, 3.05) is 11.1 Å². The summed E-state index contributed by atoms with van der Waals surface area (Å²) in [6.07, 6.45) is 2.12. The van der Waals surface area contributed by atoms with E-state index in [2.05, 4.69) is 48.6 Å². The first-order valence-electron chi connectivity index (χ1n) is 10.1. The van der Waals surface area contributed by atoms with Crippen molar-refractivity contribution in [2.45, 2.75) is 64.3 Å². The van der Waals surface area contributed by atoms with Crippen LogP contribution in [0.5, 0.6) is 0 Å². The third-order valence-electron chi connectivity index (χ3n) is 5.01. The Morgan fingerprint density at radius 1 is 1.24 bits per heavy atom. The SMILES string of the molecule is Cc1cc(NC(=O)[C@H](C)SCC(=O)N(Cc2ccc(C(C)C)cc2)C2CC2)no1. The van der Waals surface area contributed by atoms with Gasteiger partial charge in [0.05, 0.1) is 11.0 Å². The van der Waals surface area contributed by atoms with Crippen molar-refractivity contribution in [1.29, 1.82) is 0 Å². The average Bonchev–Trinajstić information content (AvgIpc) is 3.46. The van der Waals surface area contributed by atoms with Crippen LogP contribution in [0.1, 0.15) is 56.4 Å². The number of rotatable bonds is 9. The van der Waals surface area contributed by atoms with Crippen LogP contribution in [-0.4, -0.2) is 38.9 Å². The minimum Gasteiger partial charge on any atom is -0.360 e. The van der Waals surface area contributed by atoms with E-state index in [1.165, 1.54) is 17.3 Å². The Kier molecular flexibility index (Phi) is 7.00. The Morgan fingerprint density at radius 3 is 2.48 bits per heavy atom. The minimum absolute atomic E-state index is 0.0855. The van der Waals surface area contributed by atoms with Crippen LogP contribution in [0.2, 0.25) is 0 Å². The maximum absolute atomic E-state index is 12.8. The number of carbonyl (C=O) groups excluding carboxylic acids is 2. The first-order valence-corrected chi connectivity index (χ1v) is 11.1. The van der Waals surface area contributed by atoms with Gasteiger partial charge in [-0.05, 0) is 43.7 Å². The summed E-state index contributed by atoms with van der Waals surface area (Å²) < 4.78 is 4.95. The zero-order chi connectivity index (χ0) is 21.0. The molecular weight excluding hydrogens is 386 g/mol. The summed E-state index contributed by atoms with van der Waals surface area (Å²) in [5.74, 6) is 1.72. The monoisotopic (exact) mass is 415 g/mol. The predicted octanol–water partition coefficient (Wildman–Crippen LogP) is 4.36. The largest absolute Gasteiger partial charge is 0.360 e. The third kappa shape index (κ3) is 6.10. The predicted molar refractivity (Wildman–Crippen MR) is 116 cm³/mol. The van der Waals surface area contributed by atoms with E-state index in [4.69, 9.17) is 4.52 Å². The second kappa shape index (κ2) is 9.48. The van der Waals surface area contributed by atoms with Gasteiger partial charge < -0.3 is 14.7 Å². The van der Waals surface area contributed by atoms with Crippen LogP contribution in [-0.2, 0) is 16.1 Å². The van der Waals surface area contributed by atoms with E-state index in [9.17, 15) is 9.59 Å². The van der Waals surface area contributed by atoms with Crippen molar-refractivity contribution in [2.24, 2.45) is 0 Å². The van der Waals surface area contributed by atoms with Gasteiger partial charge in [-0.3, -0.25) is 9.59 Å². The van der Waals surface area contributed by atoms with Crippen molar-refractivity contribution in [1.82, 2.24) is 10.1 Å². The molecule has 0 saturated heterocycles. The van der Waals surface area contributed by atoms with Gasteiger partial charge in [0.2, 0.25) is 11.8 Å². The first-order chi connectivity index (χ1) is 13.8. The summed E-state index contributed by atoms with van der Waals surface area (Å²) in [5, 5.41) is 6.12. The summed E-state index contributed by atoms with van der Waals surface area (Å²) in [5.41, 5.74) is 2.45. The lowest BCUT2D eigenvalue weighted by Gasteiger charge is -2.23. The molecule has 7 heteroatoms. The second-order valence-electron chi connectivity index (χ2n) is 7.91. The molecule has 1 aromatic heterocycles. The van der Waals surface area contributed by atoms with Crippen molar-refractivity contribution in [3.63, 3.8) is 0 Å². The van der Waals surface area contributed by atoms with Gasteiger partial charge in [-0.1, -0.05) is 43.3 Å². The fourth-order valence-electron chi connectivity index (χ4n) is 3.02. The van der Waals surface area contributed by atoms with E-state index in [0.29, 0.717) is 30.1 Å². The number of hydrogen-bond acceptors (Lipinski definition) is 5. The van der Waals surface area contributed by atoms with E-state index >= 15 is 0 Å². The number of aryl methyl sites for hydroxylation is 1. The zero-order valence-corrected chi connectivity index (χ0v) is 18.3. The van der Waals surface area contributed by atoms with Gasteiger partial charge in [-0.15, -0.1) is 11.8 Å². The first kappa shape index (κ1) is 21.4. The number of aromatic nitrogens is 1. The number of anilines is 1. The molecule has 0 unspecified atom stereocenters. The standard InChI is InChI=1S/C22H29N3O3S/c1-14(2)18-7-5-17(6-8-18)12-25(19-9-10-19)21(26)13-29-16(4)22(27)23-20-11-15(3)28-24-20/h5-8,11,14,16,19H,9-10,12-13H2,1-4H3,(H,23,24,27)/t16-/m0/s1. The molecule has 0 bridgehead atoms. The van der Waals surface area contributed by atoms with Crippen molar-refractivity contribution < 1.29 is 14.1 Å². The molecule has 1 fully saturated rings. The lowest BCUT2D eigenvalue weighted by molar-refractivity contribution is -0.129. The van der Waals surface area contributed by atoms with Gasteiger partial charge in [0.25, 0.3) is 0 Å². The Bertz CT molecular complexity index is 843. The zero-order valence-electron chi connectivity index (χ0n) is 17.5. The van der Waals surface area contributed by atoms with Crippen LogP contribution in [0.15, 0.2) is 34.9 Å². The van der Waals surface area contributed by atoms with Crippen LogP contribution in [0.3, 0.4) is 0 Å². The summed E-state index contributed by atoms with van der Waals surface area (Å²) in [6, 6.07) is 10.5. The molecule has 1 N–H and O–H groups in total. The Labute approximate surface area is 176 Å². The lowest BCUT2D eigenvalue weighted by atomic mass is 10.0. The summed E-state index contributed by atoms with van der Waals surface area (Å²) >= 11 is 1.35. The van der Waals surface area contributed by atoms with Crippen LogP contribution in [0.25, 0.3) is 0 Å². The lowest BCUT2D eigenvalue weighted by Crippen LogP contribution is -2.35. The van der Waals surface area contributed by atoms with E-state index in [1.54, 1.807) is 19.9 Å². The number of amides is 2. The molecule has 1 atom stereocenters. The van der Waals surface area contributed by atoms with Gasteiger partial charge in [-0.25, -0.2) is 0 Å². The maximum atomic E-state index is 12.8. The molecule has 1 aliphatic carbocycles. The molecule has 1 saturated carbocycles. The smallest absolute Gasteiger partial charge is 0.238 e. The van der Waals surface area contributed by atoms with Gasteiger partial charge >= 0.3 is 0 Å². The van der Waals surface area contributed by atoms with Gasteiger partial charge in [-0.2, -0.15) is 0 Å². The Morgan fingerprint density at radius 2 is 1.93 bits per heavy atom. The number of carbonyl (C=O) groups is 2. The van der Waals surface area contributed by atoms with Crippen molar-refractivity contribution in [3.05, 3.63) is 47.2 Å². The molecule has 0 spiro atoms. The molecule has 2 aromatic rings. The number of hydrogen-bond donors (Lipinski definition) is 1. The Balaban J connectivity index is 1.52. The molecule has 0 radical (unpaired) electrons. The molecule has 0 aliphatic heterocycles. The molecule has 3 rings (SSSR count). The normalized spacial score (nSPS) is 14.7. The number of thioether (sulfide) groups is 1. The van der Waals surface area contributed by atoms with E-state index < -0.39 is 0 Å². The summed E-state index contributed by atoms with van der Waals surface area (Å²) in [4.78, 5) is 27.1. The van der Waals surface area contributed by atoms with Gasteiger partial charge in [0, 0.05) is 18.7 Å². The fraction of sp³-hybridized carbons (Fsp3) is 0.500. The van der Waals surface area contributed by atoms with Crippen LogP contribution >= 0.6 is 11.8 Å². The van der Waals surface area contributed by atoms with Crippen LogP contribution in [0.4, 0.5) is 5.82 Å². The molecule has 2 amide bonds. The van der Waals surface area contributed by atoms with E-state index in [0.717, 1.165) is 18.4 Å². The fourth-order valence-corrected chi connectivity index (χ4v) is 3.79. The highest BCUT2D eigenvalue weighted by Crippen LogP contribution is 2.30. The Hall–Kier alpha value is -2.28. The molecular formula is C22H29N3O3S. The quantitative estimate of drug-likeness (QED) is 0.659. The maximum Gasteiger partial charge on any atom is 0.238 e.